The molecule has 0 unspecified atom stereocenters. The summed E-state index contributed by atoms with van der Waals surface area (Å²) >= 11 is 0. The average Bonchev–Trinajstić information content (AvgIpc) is 2.80. The molecule has 1 aromatic rings. The molecule has 0 atom stereocenters. The van der Waals surface area contributed by atoms with Crippen LogP contribution < -0.4 is 16.0 Å². The molecule has 1 heterocycles. The summed E-state index contributed by atoms with van der Waals surface area (Å²) in [4.78, 5) is 23.6. The number of hydrogen-bond donors (Lipinski definition) is 3. The molecule has 0 radical (unpaired) electrons. The predicted molar refractivity (Wildman–Crippen MR) is 77.2 cm³/mol. The van der Waals surface area contributed by atoms with Gasteiger partial charge in [0.15, 0.2) is 0 Å². The number of carbonyl (C=O) groups excluding carboxylic acids is 2. The summed E-state index contributed by atoms with van der Waals surface area (Å²) in [5.74, 6) is -0.405. The minimum Gasteiger partial charge on any atom is -0.350 e. The molecule has 0 saturated heterocycles. The highest BCUT2D eigenvalue weighted by atomic mass is 16.2. The average molecular weight is 275 g/mol. The van der Waals surface area contributed by atoms with Crippen LogP contribution in [0.25, 0.3) is 0 Å². The van der Waals surface area contributed by atoms with Crippen molar-refractivity contribution in [1.29, 1.82) is 0 Å². The Labute approximate surface area is 119 Å². The maximum absolute atomic E-state index is 12.0. The Hall–Kier alpha value is -1.88. The predicted octanol–water partition coefficient (Wildman–Crippen LogP) is 0.934. The van der Waals surface area contributed by atoms with Crippen LogP contribution in [0.5, 0.6) is 0 Å². The van der Waals surface area contributed by atoms with Crippen molar-refractivity contribution >= 4 is 11.8 Å². The van der Waals surface area contributed by atoms with Crippen molar-refractivity contribution in [2.75, 3.05) is 6.54 Å². The molecule has 0 saturated carbocycles. The molecule has 0 fully saturated rings. The fraction of sp³-hybridized carbons (Fsp3) is 0.467. The summed E-state index contributed by atoms with van der Waals surface area (Å²) in [6.07, 6.45) is 0. The summed E-state index contributed by atoms with van der Waals surface area (Å²) in [7, 11) is 0. The van der Waals surface area contributed by atoms with E-state index in [2.05, 4.69) is 16.0 Å². The second-order valence-electron chi connectivity index (χ2n) is 6.07. The van der Waals surface area contributed by atoms with Crippen molar-refractivity contribution in [2.24, 2.45) is 0 Å². The highest BCUT2D eigenvalue weighted by Crippen LogP contribution is 2.16. The smallest absolute Gasteiger partial charge is 0.251 e. The zero-order valence-electron chi connectivity index (χ0n) is 12.2. The SMILES string of the molecule is CC(C)(C)NC(=O)CNC(=O)c1ccc2c(c1)CNC2. The van der Waals surface area contributed by atoms with E-state index >= 15 is 0 Å². The lowest BCUT2D eigenvalue weighted by molar-refractivity contribution is -0.121. The first-order chi connectivity index (χ1) is 9.35. The van der Waals surface area contributed by atoms with Crippen LogP contribution in [0.15, 0.2) is 18.2 Å². The largest absolute Gasteiger partial charge is 0.350 e. The molecule has 2 rings (SSSR count). The maximum atomic E-state index is 12.0. The number of benzene rings is 1. The van der Waals surface area contributed by atoms with E-state index in [1.54, 1.807) is 6.07 Å². The Morgan fingerprint density at radius 2 is 1.90 bits per heavy atom. The van der Waals surface area contributed by atoms with E-state index in [1.807, 2.05) is 32.9 Å². The molecule has 0 aliphatic carbocycles. The molecule has 0 bridgehead atoms. The summed E-state index contributed by atoms with van der Waals surface area (Å²) < 4.78 is 0. The van der Waals surface area contributed by atoms with Crippen molar-refractivity contribution in [3.05, 3.63) is 34.9 Å². The van der Waals surface area contributed by atoms with E-state index in [0.717, 1.165) is 18.7 Å². The van der Waals surface area contributed by atoms with E-state index < -0.39 is 0 Å². The van der Waals surface area contributed by atoms with Gasteiger partial charge in [0.2, 0.25) is 5.91 Å². The first-order valence-electron chi connectivity index (χ1n) is 6.77. The van der Waals surface area contributed by atoms with Gasteiger partial charge >= 0.3 is 0 Å². The lowest BCUT2D eigenvalue weighted by Gasteiger charge is -2.20. The Kier molecular flexibility index (Phi) is 4.09. The molecule has 5 nitrogen and oxygen atoms in total. The lowest BCUT2D eigenvalue weighted by Crippen LogP contribution is -2.45. The first kappa shape index (κ1) is 14.5. The monoisotopic (exact) mass is 275 g/mol. The van der Waals surface area contributed by atoms with Gasteiger partial charge in [-0.25, -0.2) is 0 Å². The fourth-order valence-corrected chi connectivity index (χ4v) is 2.16. The third-order valence-corrected chi connectivity index (χ3v) is 3.02. The zero-order chi connectivity index (χ0) is 14.8. The van der Waals surface area contributed by atoms with Crippen molar-refractivity contribution < 1.29 is 9.59 Å². The van der Waals surface area contributed by atoms with Gasteiger partial charge in [-0.3, -0.25) is 9.59 Å². The van der Waals surface area contributed by atoms with Crippen LogP contribution in [0, 0.1) is 0 Å². The molecule has 2 amide bonds. The molecule has 0 aromatic heterocycles. The van der Waals surface area contributed by atoms with Crippen molar-refractivity contribution in [3.63, 3.8) is 0 Å². The summed E-state index contributed by atoms with van der Waals surface area (Å²) in [5.41, 5.74) is 2.68. The Morgan fingerprint density at radius 3 is 2.60 bits per heavy atom. The van der Waals surface area contributed by atoms with Crippen LogP contribution >= 0.6 is 0 Å². The number of fused-ring (bicyclic) bond motifs is 1. The number of nitrogens with one attached hydrogen (secondary N) is 3. The van der Waals surface area contributed by atoms with Gasteiger partial charge in [-0.15, -0.1) is 0 Å². The topological polar surface area (TPSA) is 70.2 Å². The second-order valence-corrected chi connectivity index (χ2v) is 6.07. The summed E-state index contributed by atoms with van der Waals surface area (Å²) in [6, 6.07) is 5.63. The van der Waals surface area contributed by atoms with Crippen LogP contribution in [0.4, 0.5) is 0 Å². The van der Waals surface area contributed by atoms with Gasteiger partial charge in [0.25, 0.3) is 5.91 Å². The third-order valence-electron chi connectivity index (χ3n) is 3.02. The molecular weight excluding hydrogens is 254 g/mol. The van der Waals surface area contributed by atoms with Crippen LogP contribution in [-0.4, -0.2) is 23.9 Å². The van der Waals surface area contributed by atoms with Crippen molar-refractivity contribution in [2.45, 2.75) is 39.4 Å². The molecule has 5 heteroatoms. The van der Waals surface area contributed by atoms with Gasteiger partial charge in [0.05, 0.1) is 6.54 Å². The molecular formula is C15H21N3O2. The molecule has 20 heavy (non-hydrogen) atoms. The number of carbonyl (C=O) groups is 2. The fourth-order valence-electron chi connectivity index (χ4n) is 2.16. The molecule has 108 valence electrons. The Bertz CT molecular complexity index is 532. The molecule has 1 aromatic carbocycles. The molecule has 3 N–H and O–H groups in total. The van der Waals surface area contributed by atoms with Crippen molar-refractivity contribution in [1.82, 2.24) is 16.0 Å². The van der Waals surface area contributed by atoms with Gasteiger partial charge in [-0.1, -0.05) is 6.07 Å². The Balaban J connectivity index is 1.91. The lowest BCUT2D eigenvalue weighted by atomic mass is 10.1. The first-order valence-corrected chi connectivity index (χ1v) is 6.77. The maximum Gasteiger partial charge on any atom is 0.251 e. The van der Waals surface area contributed by atoms with Crippen LogP contribution in [0.1, 0.15) is 42.3 Å². The van der Waals surface area contributed by atoms with Gasteiger partial charge in [0, 0.05) is 24.2 Å². The van der Waals surface area contributed by atoms with Gasteiger partial charge in [-0.05, 0) is 44.0 Å². The zero-order valence-corrected chi connectivity index (χ0v) is 12.2. The normalized spacial score (nSPS) is 13.8. The molecule has 1 aliphatic rings. The quantitative estimate of drug-likeness (QED) is 0.768. The van der Waals surface area contributed by atoms with Gasteiger partial charge < -0.3 is 16.0 Å². The van der Waals surface area contributed by atoms with E-state index in [0.29, 0.717) is 5.56 Å². The molecule has 0 spiro atoms. The number of amides is 2. The minimum atomic E-state index is -0.291. The van der Waals surface area contributed by atoms with E-state index in [4.69, 9.17) is 0 Å². The summed E-state index contributed by atoms with van der Waals surface area (Å²) in [5, 5.41) is 8.68. The van der Waals surface area contributed by atoms with Crippen LogP contribution in [0.2, 0.25) is 0 Å². The van der Waals surface area contributed by atoms with E-state index in [1.165, 1.54) is 5.56 Å². The Morgan fingerprint density at radius 1 is 1.20 bits per heavy atom. The van der Waals surface area contributed by atoms with Gasteiger partial charge in [-0.2, -0.15) is 0 Å². The van der Waals surface area contributed by atoms with Gasteiger partial charge in [0.1, 0.15) is 0 Å². The summed E-state index contributed by atoms with van der Waals surface area (Å²) in [6.45, 7) is 7.35. The third kappa shape index (κ3) is 3.81. The van der Waals surface area contributed by atoms with Crippen molar-refractivity contribution in [3.8, 4) is 0 Å². The van der Waals surface area contributed by atoms with E-state index in [-0.39, 0.29) is 23.9 Å². The highest BCUT2D eigenvalue weighted by molar-refractivity contribution is 5.96. The number of hydrogen-bond acceptors (Lipinski definition) is 3. The van der Waals surface area contributed by atoms with Crippen LogP contribution in [-0.2, 0) is 17.9 Å². The highest BCUT2D eigenvalue weighted by Gasteiger charge is 2.16. The van der Waals surface area contributed by atoms with Crippen LogP contribution in [0.3, 0.4) is 0 Å². The standard InChI is InChI=1S/C15H21N3O2/c1-15(2,3)18-13(19)9-17-14(20)10-4-5-11-7-16-8-12(11)6-10/h4-6,16H,7-9H2,1-3H3,(H,17,20)(H,18,19). The van der Waals surface area contributed by atoms with E-state index in [9.17, 15) is 9.59 Å². The number of rotatable bonds is 3. The minimum absolute atomic E-state index is 0.00849. The molecule has 1 aliphatic heterocycles. The second kappa shape index (κ2) is 5.63.